The Morgan fingerprint density at radius 2 is 0.977 bits per heavy atom. The maximum atomic E-state index is 2.39. The Labute approximate surface area is 257 Å². The van der Waals surface area contributed by atoms with Crippen molar-refractivity contribution in [3.8, 4) is 11.1 Å². The van der Waals surface area contributed by atoms with E-state index in [1.165, 1.54) is 62.2 Å². The highest BCUT2D eigenvalue weighted by Crippen LogP contribution is 2.43. The van der Waals surface area contributed by atoms with Crippen LogP contribution in [0.2, 0.25) is 0 Å². The Kier molecular flexibility index (Phi) is 5.62. The topological polar surface area (TPSA) is 3.24 Å². The van der Waals surface area contributed by atoms with Gasteiger partial charge in [-0.15, -0.1) is 22.7 Å². The van der Waals surface area contributed by atoms with Gasteiger partial charge in [0.15, 0.2) is 0 Å². The molecule has 202 valence electrons. The van der Waals surface area contributed by atoms with Gasteiger partial charge in [-0.2, -0.15) is 0 Å². The molecule has 0 aliphatic heterocycles. The van der Waals surface area contributed by atoms with Crippen molar-refractivity contribution in [2.75, 3.05) is 4.90 Å². The second kappa shape index (κ2) is 9.81. The molecule has 0 fully saturated rings. The van der Waals surface area contributed by atoms with Gasteiger partial charge in [0.2, 0.25) is 0 Å². The van der Waals surface area contributed by atoms with Crippen molar-refractivity contribution in [3.05, 3.63) is 152 Å². The Bertz CT molecular complexity index is 2470. The van der Waals surface area contributed by atoms with Gasteiger partial charge in [0.1, 0.15) is 0 Å². The number of anilines is 3. The maximum absolute atomic E-state index is 2.39. The minimum Gasteiger partial charge on any atom is -0.310 e. The summed E-state index contributed by atoms with van der Waals surface area (Å²) in [5.74, 6) is 0. The summed E-state index contributed by atoms with van der Waals surface area (Å²) in [4.78, 5) is 2.38. The lowest BCUT2D eigenvalue weighted by Gasteiger charge is -2.26. The molecule has 0 spiro atoms. The zero-order valence-electron chi connectivity index (χ0n) is 23.2. The Hall–Kier alpha value is -4.96. The van der Waals surface area contributed by atoms with Crippen molar-refractivity contribution < 1.29 is 0 Å². The molecule has 3 heteroatoms. The summed E-state index contributed by atoms with van der Waals surface area (Å²) >= 11 is 3.74. The monoisotopic (exact) mass is 583 g/mol. The van der Waals surface area contributed by atoms with Gasteiger partial charge in [-0.05, 0) is 82.6 Å². The number of fused-ring (bicyclic) bond motifs is 7. The molecule has 9 rings (SSSR count). The average Bonchev–Trinajstić information content (AvgIpc) is 3.61. The SMILES string of the molecule is c1ccc(N(c2cccc(-c3cccc4cc5c(cc34)sc3ccccc35)c2)c2ccc3c(c2)sc2ccccc23)cc1. The highest BCUT2D eigenvalue weighted by Gasteiger charge is 2.16. The highest BCUT2D eigenvalue weighted by atomic mass is 32.1. The van der Waals surface area contributed by atoms with Gasteiger partial charge in [-0.25, -0.2) is 0 Å². The van der Waals surface area contributed by atoms with E-state index in [1.807, 2.05) is 22.7 Å². The number of hydrogen-bond donors (Lipinski definition) is 0. The van der Waals surface area contributed by atoms with Crippen LogP contribution < -0.4 is 4.90 Å². The van der Waals surface area contributed by atoms with E-state index in [0.717, 1.165) is 17.1 Å². The molecule has 0 aliphatic rings. The van der Waals surface area contributed by atoms with Gasteiger partial charge in [0.05, 0.1) is 0 Å². The summed E-state index contributed by atoms with van der Waals surface area (Å²) in [5.41, 5.74) is 5.92. The van der Waals surface area contributed by atoms with Crippen LogP contribution in [0, 0.1) is 0 Å². The average molecular weight is 584 g/mol. The summed E-state index contributed by atoms with van der Waals surface area (Å²) < 4.78 is 5.30. The van der Waals surface area contributed by atoms with Crippen LogP contribution in [0.3, 0.4) is 0 Å². The highest BCUT2D eigenvalue weighted by molar-refractivity contribution is 7.26. The summed E-state index contributed by atoms with van der Waals surface area (Å²) in [6, 6.07) is 55.5. The van der Waals surface area contributed by atoms with E-state index in [2.05, 4.69) is 157 Å². The number of rotatable bonds is 4. The van der Waals surface area contributed by atoms with E-state index in [0.29, 0.717) is 0 Å². The zero-order chi connectivity index (χ0) is 28.3. The molecule has 2 heterocycles. The van der Waals surface area contributed by atoms with Crippen molar-refractivity contribution >= 4 is 90.9 Å². The first-order valence-electron chi connectivity index (χ1n) is 14.5. The van der Waals surface area contributed by atoms with Gasteiger partial charge in [0.25, 0.3) is 0 Å². The van der Waals surface area contributed by atoms with Crippen molar-refractivity contribution in [1.29, 1.82) is 0 Å². The molecule has 0 amide bonds. The summed E-state index contributed by atoms with van der Waals surface area (Å²) in [6.07, 6.45) is 0. The molecule has 43 heavy (non-hydrogen) atoms. The van der Waals surface area contributed by atoms with E-state index in [1.54, 1.807) is 0 Å². The zero-order valence-corrected chi connectivity index (χ0v) is 24.8. The molecule has 0 N–H and O–H groups in total. The molecule has 0 saturated heterocycles. The van der Waals surface area contributed by atoms with Gasteiger partial charge < -0.3 is 4.90 Å². The van der Waals surface area contributed by atoms with Gasteiger partial charge in [-0.1, -0.05) is 91.0 Å². The maximum Gasteiger partial charge on any atom is 0.0476 e. The molecule has 0 unspecified atom stereocenters. The van der Waals surface area contributed by atoms with Crippen LogP contribution in [-0.2, 0) is 0 Å². The molecule has 7 aromatic carbocycles. The molecule has 0 radical (unpaired) electrons. The van der Waals surface area contributed by atoms with E-state index in [4.69, 9.17) is 0 Å². The van der Waals surface area contributed by atoms with Gasteiger partial charge in [-0.3, -0.25) is 0 Å². The summed E-state index contributed by atoms with van der Waals surface area (Å²) in [6.45, 7) is 0. The molecule has 0 atom stereocenters. The third-order valence-electron chi connectivity index (χ3n) is 8.43. The Morgan fingerprint density at radius 3 is 1.79 bits per heavy atom. The largest absolute Gasteiger partial charge is 0.310 e. The lowest BCUT2D eigenvalue weighted by atomic mass is 9.96. The minimum absolute atomic E-state index is 1.14. The fourth-order valence-electron chi connectivity index (χ4n) is 6.44. The molecule has 0 saturated carbocycles. The van der Waals surface area contributed by atoms with Crippen LogP contribution in [0.4, 0.5) is 17.1 Å². The number of para-hydroxylation sites is 1. The quantitative estimate of drug-likeness (QED) is 0.199. The first kappa shape index (κ1) is 24.6. The predicted octanol–water partition coefficient (Wildman–Crippen LogP) is 12.7. The molecular formula is C40H25NS2. The van der Waals surface area contributed by atoms with Gasteiger partial charge >= 0.3 is 0 Å². The summed E-state index contributed by atoms with van der Waals surface area (Å²) in [5, 5.41) is 7.88. The van der Waals surface area contributed by atoms with Crippen LogP contribution in [0.1, 0.15) is 0 Å². The number of thiophene rings is 2. The Morgan fingerprint density at radius 1 is 0.349 bits per heavy atom. The fourth-order valence-corrected chi connectivity index (χ4v) is 8.71. The normalized spacial score (nSPS) is 11.7. The van der Waals surface area contributed by atoms with Crippen molar-refractivity contribution in [1.82, 2.24) is 0 Å². The summed E-state index contributed by atoms with van der Waals surface area (Å²) in [7, 11) is 0. The second-order valence-electron chi connectivity index (χ2n) is 11.0. The van der Waals surface area contributed by atoms with Crippen LogP contribution in [0.5, 0.6) is 0 Å². The van der Waals surface area contributed by atoms with Crippen LogP contribution in [0.15, 0.2) is 152 Å². The number of nitrogens with zero attached hydrogens (tertiary/aromatic N) is 1. The Balaban J connectivity index is 1.22. The number of hydrogen-bond acceptors (Lipinski definition) is 3. The molecular weight excluding hydrogens is 559 g/mol. The minimum atomic E-state index is 1.14. The van der Waals surface area contributed by atoms with E-state index >= 15 is 0 Å². The predicted molar refractivity (Wildman–Crippen MR) is 190 cm³/mol. The third kappa shape index (κ3) is 4.04. The van der Waals surface area contributed by atoms with Crippen LogP contribution in [0.25, 0.3) is 62.2 Å². The first-order chi connectivity index (χ1) is 21.3. The molecule has 9 aromatic rings. The van der Waals surface area contributed by atoms with E-state index in [-0.39, 0.29) is 0 Å². The fraction of sp³-hybridized carbons (Fsp3) is 0. The molecule has 2 aromatic heterocycles. The second-order valence-corrected chi connectivity index (χ2v) is 13.1. The van der Waals surface area contributed by atoms with Crippen molar-refractivity contribution in [3.63, 3.8) is 0 Å². The lowest BCUT2D eigenvalue weighted by Crippen LogP contribution is -2.09. The van der Waals surface area contributed by atoms with Crippen LogP contribution in [-0.4, -0.2) is 0 Å². The number of benzene rings is 7. The van der Waals surface area contributed by atoms with Gasteiger partial charge in [0, 0.05) is 57.4 Å². The van der Waals surface area contributed by atoms with E-state index < -0.39 is 0 Å². The standard InChI is InChI=1S/C40H25NS2/c1-2-12-28(13-3-1)41(30-20-21-34-32-15-4-6-18-37(32)42-39(34)24-30)29-14-8-10-26(22-29)31-17-9-11-27-23-36-33-16-5-7-19-38(33)43-40(36)25-35(27)31/h1-25H. The molecule has 1 nitrogen and oxygen atoms in total. The molecule has 0 bridgehead atoms. The van der Waals surface area contributed by atoms with Crippen molar-refractivity contribution in [2.45, 2.75) is 0 Å². The van der Waals surface area contributed by atoms with Crippen molar-refractivity contribution in [2.24, 2.45) is 0 Å². The first-order valence-corrected chi connectivity index (χ1v) is 16.1. The molecule has 0 aliphatic carbocycles. The third-order valence-corrected chi connectivity index (χ3v) is 10.7. The lowest BCUT2D eigenvalue weighted by molar-refractivity contribution is 1.29. The smallest absolute Gasteiger partial charge is 0.0476 e. The van der Waals surface area contributed by atoms with Crippen LogP contribution >= 0.6 is 22.7 Å². The van der Waals surface area contributed by atoms with E-state index in [9.17, 15) is 0 Å².